The summed E-state index contributed by atoms with van der Waals surface area (Å²) >= 11 is 0. The zero-order valence-corrected chi connectivity index (χ0v) is 12.5. The molecule has 1 aliphatic rings. The molecule has 0 heterocycles. The Bertz CT molecular complexity index is 618. The molecule has 2 N–H and O–H groups in total. The highest BCUT2D eigenvalue weighted by molar-refractivity contribution is 5.73. The first kappa shape index (κ1) is 14.8. The van der Waals surface area contributed by atoms with E-state index in [1.54, 1.807) is 0 Å². The van der Waals surface area contributed by atoms with E-state index in [0.717, 1.165) is 17.0 Å². The van der Waals surface area contributed by atoms with Crippen molar-refractivity contribution in [2.75, 3.05) is 0 Å². The second-order valence-electron chi connectivity index (χ2n) is 5.98. The molecule has 0 aliphatic heterocycles. The van der Waals surface area contributed by atoms with Gasteiger partial charge in [-0.05, 0) is 41.9 Å². The van der Waals surface area contributed by atoms with Gasteiger partial charge >= 0.3 is 5.97 Å². The van der Waals surface area contributed by atoms with Crippen LogP contribution in [0.25, 0.3) is 0 Å². The number of carbonyl (C=O) groups is 1. The first-order valence-electron chi connectivity index (χ1n) is 7.81. The van der Waals surface area contributed by atoms with E-state index in [-0.39, 0.29) is 0 Å². The molecule has 1 atom stereocenters. The fourth-order valence-corrected chi connectivity index (χ4v) is 2.66. The predicted molar refractivity (Wildman–Crippen MR) is 86.8 cm³/mol. The molecule has 1 saturated carbocycles. The Morgan fingerprint density at radius 1 is 1.05 bits per heavy atom. The predicted octanol–water partition coefficient (Wildman–Crippen LogP) is 3.35. The molecule has 114 valence electrons. The van der Waals surface area contributed by atoms with Gasteiger partial charge in [-0.15, -0.1) is 0 Å². The summed E-state index contributed by atoms with van der Waals surface area (Å²) in [5.41, 5.74) is 3.57. The Balaban J connectivity index is 1.57. The van der Waals surface area contributed by atoms with Gasteiger partial charge in [0.25, 0.3) is 0 Å². The van der Waals surface area contributed by atoms with Gasteiger partial charge in [0.2, 0.25) is 0 Å². The summed E-state index contributed by atoms with van der Waals surface area (Å²) < 4.78 is 0. The van der Waals surface area contributed by atoms with Gasteiger partial charge in [0.15, 0.2) is 0 Å². The minimum atomic E-state index is -0.807. The summed E-state index contributed by atoms with van der Waals surface area (Å²) in [4.78, 5) is 11.4. The van der Waals surface area contributed by atoms with Crippen LogP contribution in [0.4, 0.5) is 0 Å². The van der Waals surface area contributed by atoms with Crippen molar-refractivity contribution in [3.63, 3.8) is 0 Å². The lowest BCUT2D eigenvalue weighted by Crippen LogP contribution is -2.38. The molecule has 3 rings (SSSR count). The molecule has 0 unspecified atom stereocenters. The number of hydrogen-bond acceptors (Lipinski definition) is 2. The highest BCUT2D eigenvalue weighted by Crippen LogP contribution is 2.39. The normalized spacial score (nSPS) is 15.5. The lowest BCUT2D eigenvalue weighted by atomic mass is 10.0. The van der Waals surface area contributed by atoms with E-state index in [0.29, 0.717) is 13.0 Å². The fourth-order valence-electron chi connectivity index (χ4n) is 2.66. The molecular weight excluding hydrogens is 274 g/mol. The van der Waals surface area contributed by atoms with Crippen LogP contribution in [0, 0.1) is 0 Å². The number of rotatable bonds is 7. The number of carboxylic acid groups (broad SMARTS) is 1. The van der Waals surface area contributed by atoms with Gasteiger partial charge in [0, 0.05) is 6.54 Å². The van der Waals surface area contributed by atoms with Crippen molar-refractivity contribution in [2.45, 2.75) is 37.8 Å². The van der Waals surface area contributed by atoms with Gasteiger partial charge in [-0.2, -0.15) is 0 Å². The van der Waals surface area contributed by atoms with Crippen LogP contribution in [0.5, 0.6) is 0 Å². The third-order valence-electron chi connectivity index (χ3n) is 4.16. The fraction of sp³-hybridized carbons (Fsp3) is 0.316. The van der Waals surface area contributed by atoms with Gasteiger partial charge in [0.05, 0.1) is 0 Å². The average Bonchev–Trinajstić information content (AvgIpc) is 3.37. The van der Waals surface area contributed by atoms with Gasteiger partial charge < -0.3 is 10.4 Å². The van der Waals surface area contributed by atoms with Crippen LogP contribution in [0.2, 0.25) is 0 Å². The molecule has 2 aromatic rings. The molecule has 1 fully saturated rings. The van der Waals surface area contributed by atoms with Gasteiger partial charge in [-0.1, -0.05) is 54.6 Å². The number of aliphatic carboxylic acids is 1. The van der Waals surface area contributed by atoms with Gasteiger partial charge in [-0.3, -0.25) is 4.79 Å². The van der Waals surface area contributed by atoms with Crippen LogP contribution >= 0.6 is 0 Å². The number of carboxylic acids is 1. The third kappa shape index (κ3) is 3.95. The second kappa shape index (κ2) is 6.75. The van der Waals surface area contributed by atoms with Crippen molar-refractivity contribution in [1.82, 2.24) is 5.32 Å². The maximum absolute atomic E-state index is 11.4. The van der Waals surface area contributed by atoms with Crippen LogP contribution in [-0.4, -0.2) is 17.1 Å². The van der Waals surface area contributed by atoms with Gasteiger partial charge in [-0.25, -0.2) is 0 Å². The maximum atomic E-state index is 11.4. The Labute approximate surface area is 131 Å². The maximum Gasteiger partial charge on any atom is 0.321 e. The molecule has 0 radical (unpaired) electrons. The minimum Gasteiger partial charge on any atom is -0.480 e. The first-order valence-corrected chi connectivity index (χ1v) is 7.81. The Morgan fingerprint density at radius 2 is 1.73 bits per heavy atom. The van der Waals surface area contributed by atoms with Crippen LogP contribution in [-0.2, 0) is 17.8 Å². The minimum absolute atomic E-state index is 0.496. The summed E-state index contributed by atoms with van der Waals surface area (Å²) in [6.45, 7) is 0.578. The van der Waals surface area contributed by atoms with Crippen molar-refractivity contribution in [3.8, 4) is 0 Å². The van der Waals surface area contributed by atoms with Crippen LogP contribution in [0.15, 0.2) is 54.6 Å². The van der Waals surface area contributed by atoms with Gasteiger partial charge in [0.1, 0.15) is 6.04 Å². The molecule has 3 nitrogen and oxygen atoms in total. The standard InChI is InChI=1S/C19H21NO2/c21-19(22)18(12-14-4-2-1-3-5-14)20-13-15-6-8-16(9-7-15)17-10-11-17/h1-9,17-18,20H,10-13H2,(H,21,22)/t18-/m0/s1. The van der Waals surface area contributed by atoms with Crippen molar-refractivity contribution in [2.24, 2.45) is 0 Å². The van der Waals surface area contributed by atoms with E-state index in [4.69, 9.17) is 0 Å². The number of nitrogens with one attached hydrogen (secondary N) is 1. The quantitative estimate of drug-likeness (QED) is 0.823. The third-order valence-corrected chi connectivity index (χ3v) is 4.16. The smallest absolute Gasteiger partial charge is 0.321 e. The Hall–Kier alpha value is -2.13. The lowest BCUT2D eigenvalue weighted by Gasteiger charge is -2.15. The molecule has 2 aromatic carbocycles. The summed E-state index contributed by atoms with van der Waals surface area (Å²) in [5, 5.41) is 12.5. The summed E-state index contributed by atoms with van der Waals surface area (Å²) in [7, 11) is 0. The SMILES string of the molecule is O=C(O)[C@H](Cc1ccccc1)NCc1ccc(C2CC2)cc1. The molecule has 0 bridgehead atoms. The zero-order valence-electron chi connectivity index (χ0n) is 12.5. The van der Waals surface area contributed by atoms with E-state index in [1.165, 1.54) is 18.4 Å². The van der Waals surface area contributed by atoms with Crippen LogP contribution in [0.1, 0.15) is 35.4 Å². The van der Waals surface area contributed by atoms with Crippen molar-refractivity contribution in [1.29, 1.82) is 0 Å². The molecule has 0 saturated heterocycles. The van der Waals surface area contributed by atoms with E-state index in [1.807, 2.05) is 30.3 Å². The number of benzene rings is 2. The molecular formula is C19H21NO2. The van der Waals surface area contributed by atoms with Crippen LogP contribution in [0.3, 0.4) is 0 Å². The molecule has 3 heteroatoms. The first-order chi connectivity index (χ1) is 10.7. The summed E-state index contributed by atoms with van der Waals surface area (Å²) in [6.07, 6.45) is 3.10. The Kier molecular flexibility index (Phi) is 4.54. The highest BCUT2D eigenvalue weighted by atomic mass is 16.4. The lowest BCUT2D eigenvalue weighted by molar-refractivity contribution is -0.139. The van der Waals surface area contributed by atoms with E-state index < -0.39 is 12.0 Å². The largest absolute Gasteiger partial charge is 0.480 e. The average molecular weight is 295 g/mol. The highest BCUT2D eigenvalue weighted by Gasteiger charge is 2.23. The molecule has 22 heavy (non-hydrogen) atoms. The summed E-state index contributed by atoms with van der Waals surface area (Å²) in [5.74, 6) is -0.0506. The van der Waals surface area contributed by atoms with E-state index in [9.17, 15) is 9.90 Å². The Morgan fingerprint density at radius 3 is 2.32 bits per heavy atom. The molecule has 1 aliphatic carbocycles. The van der Waals surface area contributed by atoms with E-state index >= 15 is 0 Å². The topological polar surface area (TPSA) is 49.3 Å². The molecule has 0 spiro atoms. The zero-order chi connectivity index (χ0) is 15.4. The molecule has 0 amide bonds. The van der Waals surface area contributed by atoms with Crippen molar-refractivity contribution < 1.29 is 9.90 Å². The van der Waals surface area contributed by atoms with Crippen molar-refractivity contribution in [3.05, 3.63) is 71.3 Å². The van der Waals surface area contributed by atoms with E-state index in [2.05, 4.69) is 29.6 Å². The summed E-state index contributed by atoms with van der Waals surface area (Å²) in [6, 6.07) is 17.7. The molecule has 0 aromatic heterocycles. The monoisotopic (exact) mass is 295 g/mol. The second-order valence-corrected chi connectivity index (χ2v) is 5.98. The van der Waals surface area contributed by atoms with Crippen LogP contribution < -0.4 is 5.32 Å². The number of hydrogen-bond donors (Lipinski definition) is 2. The van der Waals surface area contributed by atoms with Crippen molar-refractivity contribution >= 4 is 5.97 Å².